The van der Waals surface area contributed by atoms with Crippen molar-refractivity contribution in [2.75, 3.05) is 13.1 Å². The zero-order chi connectivity index (χ0) is 13.2. The third-order valence-electron chi connectivity index (χ3n) is 3.99. The molecule has 0 radical (unpaired) electrons. The molecule has 96 valence electrons. The predicted octanol–water partition coefficient (Wildman–Crippen LogP) is 3.43. The molecule has 2 heteroatoms. The molecule has 18 heavy (non-hydrogen) atoms. The summed E-state index contributed by atoms with van der Waals surface area (Å²) in [4.78, 5) is 2.53. The van der Waals surface area contributed by atoms with E-state index in [2.05, 4.69) is 43.9 Å². The molecular weight excluding hydrogens is 220 g/mol. The van der Waals surface area contributed by atoms with Crippen LogP contribution in [0, 0.1) is 22.7 Å². The van der Waals surface area contributed by atoms with Crippen molar-refractivity contribution in [3.63, 3.8) is 0 Å². The Morgan fingerprint density at radius 2 is 1.94 bits per heavy atom. The van der Waals surface area contributed by atoms with Crippen LogP contribution in [0.15, 0.2) is 24.3 Å². The maximum absolute atomic E-state index is 8.78. The van der Waals surface area contributed by atoms with Crippen LogP contribution in [0.1, 0.15) is 38.3 Å². The van der Waals surface area contributed by atoms with E-state index in [1.54, 1.807) is 0 Å². The second-order valence-electron chi connectivity index (χ2n) is 6.40. The van der Waals surface area contributed by atoms with E-state index in [0.29, 0.717) is 5.41 Å². The molecule has 1 heterocycles. The Balaban J connectivity index is 1.93. The first kappa shape index (κ1) is 13.1. The Morgan fingerprint density at radius 3 is 2.44 bits per heavy atom. The van der Waals surface area contributed by atoms with E-state index >= 15 is 0 Å². The fourth-order valence-electron chi connectivity index (χ4n) is 2.63. The Labute approximate surface area is 110 Å². The third kappa shape index (κ3) is 3.11. The van der Waals surface area contributed by atoms with E-state index in [1.165, 1.54) is 25.1 Å². The van der Waals surface area contributed by atoms with Gasteiger partial charge < -0.3 is 0 Å². The average molecular weight is 242 g/mol. The first-order valence-electron chi connectivity index (χ1n) is 6.70. The van der Waals surface area contributed by atoms with Crippen molar-refractivity contribution >= 4 is 0 Å². The SMILES string of the molecule is CC(C)(C)C1CCN(Cc2ccc(C#N)cc2)C1. The van der Waals surface area contributed by atoms with Crippen LogP contribution in [0.2, 0.25) is 0 Å². The van der Waals surface area contributed by atoms with E-state index in [1.807, 2.05) is 12.1 Å². The predicted molar refractivity (Wildman–Crippen MR) is 74.0 cm³/mol. The van der Waals surface area contributed by atoms with E-state index in [9.17, 15) is 0 Å². The standard InChI is InChI=1S/C16H22N2/c1-16(2,3)15-8-9-18(12-15)11-14-6-4-13(10-17)5-7-14/h4-7,15H,8-9,11-12H2,1-3H3. The molecule has 2 nitrogen and oxygen atoms in total. The Bertz CT molecular complexity index is 434. The summed E-state index contributed by atoms with van der Waals surface area (Å²) in [5, 5.41) is 8.78. The molecule has 1 unspecified atom stereocenters. The number of likely N-dealkylation sites (tertiary alicyclic amines) is 1. The molecule has 1 atom stereocenters. The molecule has 1 fully saturated rings. The fourth-order valence-corrected chi connectivity index (χ4v) is 2.63. The minimum absolute atomic E-state index is 0.416. The van der Waals surface area contributed by atoms with Crippen LogP contribution in [0.5, 0.6) is 0 Å². The van der Waals surface area contributed by atoms with Gasteiger partial charge in [-0.25, -0.2) is 0 Å². The van der Waals surface area contributed by atoms with Gasteiger partial charge in [0.15, 0.2) is 0 Å². The summed E-state index contributed by atoms with van der Waals surface area (Å²) in [6.07, 6.45) is 1.31. The van der Waals surface area contributed by atoms with Crippen molar-refractivity contribution in [1.82, 2.24) is 4.90 Å². The summed E-state index contributed by atoms with van der Waals surface area (Å²) in [6.45, 7) is 10.4. The molecule has 0 aliphatic carbocycles. The quantitative estimate of drug-likeness (QED) is 0.794. The summed E-state index contributed by atoms with van der Waals surface area (Å²) in [5.41, 5.74) is 2.47. The highest BCUT2D eigenvalue weighted by Gasteiger charge is 2.31. The van der Waals surface area contributed by atoms with Crippen molar-refractivity contribution in [3.05, 3.63) is 35.4 Å². The minimum atomic E-state index is 0.416. The highest BCUT2D eigenvalue weighted by molar-refractivity contribution is 5.31. The summed E-state index contributed by atoms with van der Waals surface area (Å²) < 4.78 is 0. The smallest absolute Gasteiger partial charge is 0.0991 e. The summed E-state index contributed by atoms with van der Waals surface area (Å²) in [5.74, 6) is 0.802. The second-order valence-corrected chi connectivity index (χ2v) is 6.40. The first-order chi connectivity index (χ1) is 8.49. The van der Waals surface area contributed by atoms with E-state index in [-0.39, 0.29) is 0 Å². The fraction of sp³-hybridized carbons (Fsp3) is 0.562. The van der Waals surface area contributed by atoms with Gasteiger partial charge in [0.25, 0.3) is 0 Å². The van der Waals surface area contributed by atoms with Gasteiger partial charge in [-0.05, 0) is 42.0 Å². The van der Waals surface area contributed by atoms with Gasteiger partial charge in [-0.1, -0.05) is 32.9 Å². The first-order valence-corrected chi connectivity index (χ1v) is 6.70. The Morgan fingerprint density at radius 1 is 1.28 bits per heavy atom. The molecule has 1 aliphatic heterocycles. The van der Waals surface area contributed by atoms with Crippen LogP contribution >= 0.6 is 0 Å². The number of rotatable bonds is 2. The highest BCUT2D eigenvalue weighted by atomic mass is 15.1. The third-order valence-corrected chi connectivity index (χ3v) is 3.99. The summed E-state index contributed by atoms with van der Waals surface area (Å²) >= 11 is 0. The molecule has 1 aliphatic rings. The van der Waals surface area contributed by atoms with Gasteiger partial charge in [0, 0.05) is 13.1 Å². The van der Waals surface area contributed by atoms with Crippen molar-refractivity contribution in [2.24, 2.45) is 11.3 Å². The lowest BCUT2D eigenvalue weighted by Gasteiger charge is -2.27. The van der Waals surface area contributed by atoms with E-state index in [4.69, 9.17) is 5.26 Å². The van der Waals surface area contributed by atoms with Crippen molar-refractivity contribution in [1.29, 1.82) is 5.26 Å². The normalized spacial score (nSPS) is 20.9. The monoisotopic (exact) mass is 242 g/mol. The van der Waals surface area contributed by atoms with Gasteiger partial charge in [0.2, 0.25) is 0 Å². The molecule has 1 aromatic rings. The largest absolute Gasteiger partial charge is 0.299 e. The topological polar surface area (TPSA) is 27.0 Å². The molecule has 0 amide bonds. The molecular formula is C16H22N2. The molecule has 1 aromatic carbocycles. The zero-order valence-corrected chi connectivity index (χ0v) is 11.6. The number of hydrogen-bond donors (Lipinski definition) is 0. The van der Waals surface area contributed by atoms with Gasteiger partial charge in [-0.3, -0.25) is 4.90 Å². The summed E-state index contributed by atoms with van der Waals surface area (Å²) in [7, 11) is 0. The number of nitrogens with zero attached hydrogens (tertiary/aromatic N) is 2. The molecule has 1 saturated heterocycles. The summed E-state index contributed by atoms with van der Waals surface area (Å²) in [6, 6.07) is 10.1. The van der Waals surface area contributed by atoms with Crippen LogP contribution < -0.4 is 0 Å². The maximum atomic E-state index is 8.78. The van der Waals surface area contributed by atoms with Gasteiger partial charge in [0.1, 0.15) is 0 Å². The van der Waals surface area contributed by atoms with Crippen molar-refractivity contribution < 1.29 is 0 Å². The van der Waals surface area contributed by atoms with Crippen LogP contribution in [0.25, 0.3) is 0 Å². The van der Waals surface area contributed by atoms with Gasteiger partial charge in [0.05, 0.1) is 11.6 Å². The van der Waals surface area contributed by atoms with Crippen molar-refractivity contribution in [2.45, 2.75) is 33.7 Å². The maximum Gasteiger partial charge on any atom is 0.0991 e. The van der Waals surface area contributed by atoms with Gasteiger partial charge in [-0.15, -0.1) is 0 Å². The van der Waals surface area contributed by atoms with Crippen LogP contribution in [0.3, 0.4) is 0 Å². The Hall–Kier alpha value is -1.33. The second kappa shape index (κ2) is 5.12. The molecule has 0 N–H and O–H groups in total. The van der Waals surface area contributed by atoms with Crippen LogP contribution in [-0.2, 0) is 6.54 Å². The Kier molecular flexibility index (Phi) is 3.73. The lowest BCUT2D eigenvalue weighted by atomic mass is 9.80. The van der Waals surface area contributed by atoms with Gasteiger partial charge in [-0.2, -0.15) is 5.26 Å². The lowest BCUT2D eigenvalue weighted by molar-refractivity contribution is 0.226. The lowest BCUT2D eigenvalue weighted by Crippen LogP contribution is -2.25. The number of benzene rings is 1. The van der Waals surface area contributed by atoms with Crippen LogP contribution in [0.4, 0.5) is 0 Å². The molecule has 2 rings (SSSR count). The number of hydrogen-bond acceptors (Lipinski definition) is 2. The minimum Gasteiger partial charge on any atom is -0.299 e. The van der Waals surface area contributed by atoms with E-state index in [0.717, 1.165) is 18.0 Å². The highest BCUT2D eigenvalue weighted by Crippen LogP contribution is 2.34. The van der Waals surface area contributed by atoms with Crippen molar-refractivity contribution in [3.8, 4) is 6.07 Å². The van der Waals surface area contributed by atoms with Crippen LogP contribution in [-0.4, -0.2) is 18.0 Å². The molecule has 0 spiro atoms. The molecule has 0 aromatic heterocycles. The number of nitriles is 1. The average Bonchev–Trinajstić information content (AvgIpc) is 2.78. The zero-order valence-electron chi connectivity index (χ0n) is 11.6. The van der Waals surface area contributed by atoms with E-state index < -0.39 is 0 Å². The molecule has 0 saturated carbocycles. The molecule has 0 bridgehead atoms. The van der Waals surface area contributed by atoms with Gasteiger partial charge >= 0.3 is 0 Å².